The average molecular weight is 295 g/mol. The summed E-state index contributed by atoms with van der Waals surface area (Å²) in [4.78, 5) is 16.0. The van der Waals surface area contributed by atoms with Gasteiger partial charge in [0.25, 0.3) is 0 Å². The molecule has 7 heteroatoms. The second kappa shape index (κ2) is 5.81. The van der Waals surface area contributed by atoms with Gasteiger partial charge >= 0.3 is 0 Å². The molecule has 0 saturated heterocycles. The number of nitrogens with two attached hydrogens (primary N) is 1. The average Bonchev–Trinajstić information content (AvgIpc) is 2.76. The molecule has 1 heterocycles. The van der Waals surface area contributed by atoms with Crippen molar-refractivity contribution in [2.75, 3.05) is 5.32 Å². The highest BCUT2D eigenvalue weighted by Gasteiger charge is 2.09. The van der Waals surface area contributed by atoms with Gasteiger partial charge in [-0.25, -0.2) is 4.98 Å². The van der Waals surface area contributed by atoms with Crippen LogP contribution in [0.4, 0.5) is 5.69 Å². The van der Waals surface area contributed by atoms with Gasteiger partial charge in [-0.2, -0.15) is 0 Å². The third kappa shape index (κ3) is 3.52. The molecule has 1 aromatic carbocycles. The summed E-state index contributed by atoms with van der Waals surface area (Å²) in [6, 6.07) is 6.92. The molecule has 0 aliphatic carbocycles. The second-order valence-corrected chi connectivity index (χ2v) is 4.68. The molecule has 0 fully saturated rings. The number of halogens is 1. The summed E-state index contributed by atoms with van der Waals surface area (Å²) in [6.07, 6.45) is 3.19. The van der Waals surface area contributed by atoms with Gasteiger partial charge in [0.1, 0.15) is 11.5 Å². The van der Waals surface area contributed by atoms with Crippen LogP contribution >= 0.6 is 23.8 Å². The van der Waals surface area contributed by atoms with Crippen LogP contribution in [-0.2, 0) is 11.3 Å². The maximum absolute atomic E-state index is 11.9. The molecule has 0 aliphatic rings. The molecule has 0 unspecified atom stereocenters. The molecule has 98 valence electrons. The number of hydrogen-bond acceptors (Lipinski definition) is 3. The molecular weight excluding hydrogens is 284 g/mol. The minimum Gasteiger partial charge on any atom is -0.387 e. The molecule has 0 atom stereocenters. The number of carbonyl (C=O) groups excluding carboxylic acids is 1. The van der Waals surface area contributed by atoms with Crippen molar-refractivity contribution in [2.24, 2.45) is 5.73 Å². The first-order valence-corrected chi connectivity index (χ1v) is 6.21. The van der Waals surface area contributed by atoms with Crippen molar-refractivity contribution in [1.82, 2.24) is 9.55 Å². The molecule has 5 nitrogen and oxygen atoms in total. The lowest BCUT2D eigenvalue weighted by Gasteiger charge is -2.08. The molecule has 1 aromatic heterocycles. The van der Waals surface area contributed by atoms with E-state index in [9.17, 15) is 4.79 Å². The van der Waals surface area contributed by atoms with Crippen molar-refractivity contribution in [1.29, 1.82) is 0 Å². The SMILES string of the molecule is NC(=S)c1nccn1CC(=O)Nc1cccc(Cl)c1. The summed E-state index contributed by atoms with van der Waals surface area (Å²) >= 11 is 10.7. The van der Waals surface area contributed by atoms with Crippen molar-refractivity contribution in [2.45, 2.75) is 6.54 Å². The summed E-state index contributed by atoms with van der Waals surface area (Å²) < 4.78 is 1.59. The molecular formula is C12H11ClN4OS. The van der Waals surface area contributed by atoms with Gasteiger partial charge in [0.2, 0.25) is 5.91 Å². The van der Waals surface area contributed by atoms with Crippen LogP contribution in [0.3, 0.4) is 0 Å². The fraction of sp³-hybridized carbons (Fsp3) is 0.0833. The van der Waals surface area contributed by atoms with Crippen molar-refractivity contribution < 1.29 is 4.79 Å². The third-order valence-electron chi connectivity index (χ3n) is 2.36. The van der Waals surface area contributed by atoms with E-state index >= 15 is 0 Å². The highest BCUT2D eigenvalue weighted by atomic mass is 35.5. The Hall–Kier alpha value is -1.92. The number of carbonyl (C=O) groups is 1. The molecule has 0 saturated carbocycles. The number of hydrogen-bond donors (Lipinski definition) is 2. The van der Waals surface area contributed by atoms with E-state index in [0.717, 1.165) is 0 Å². The smallest absolute Gasteiger partial charge is 0.244 e. The fourth-order valence-electron chi connectivity index (χ4n) is 1.58. The van der Waals surface area contributed by atoms with E-state index in [1.165, 1.54) is 0 Å². The zero-order chi connectivity index (χ0) is 13.8. The van der Waals surface area contributed by atoms with E-state index in [2.05, 4.69) is 10.3 Å². The Morgan fingerprint density at radius 1 is 1.53 bits per heavy atom. The van der Waals surface area contributed by atoms with E-state index in [4.69, 9.17) is 29.6 Å². The molecule has 0 radical (unpaired) electrons. The second-order valence-electron chi connectivity index (χ2n) is 3.80. The maximum Gasteiger partial charge on any atom is 0.244 e. The standard InChI is InChI=1S/C12H11ClN4OS/c13-8-2-1-3-9(6-8)16-10(18)7-17-5-4-15-12(17)11(14)19/h1-6H,7H2,(H2,14,19)(H,16,18). The monoisotopic (exact) mass is 294 g/mol. The topological polar surface area (TPSA) is 72.9 Å². The van der Waals surface area contributed by atoms with Gasteiger partial charge in [0.15, 0.2) is 5.82 Å². The first-order chi connectivity index (χ1) is 9.06. The number of aromatic nitrogens is 2. The Kier molecular flexibility index (Phi) is 4.13. The Bertz CT molecular complexity index is 626. The zero-order valence-corrected chi connectivity index (χ0v) is 11.4. The van der Waals surface area contributed by atoms with Gasteiger partial charge in [-0.3, -0.25) is 4.79 Å². The molecule has 0 spiro atoms. The number of imidazole rings is 1. The highest BCUT2D eigenvalue weighted by Crippen LogP contribution is 2.14. The predicted molar refractivity (Wildman–Crippen MR) is 78.2 cm³/mol. The van der Waals surface area contributed by atoms with Gasteiger partial charge in [0.05, 0.1) is 0 Å². The van der Waals surface area contributed by atoms with Gasteiger partial charge in [-0.1, -0.05) is 29.9 Å². The number of benzene rings is 1. The van der Waals surface area contributed by atoms with Crippen LogP contribution in [-0.4, -0.2) is 20.4 Å². The first-order valence-electron chi connectivity index (χ1n) is 5.42. The number of anilines is 1. The Morgan fingerprint density at radius 3 is 3.00 bits per heavy atom. The minimum absolute atomic E-state index is 0.0825. The van der Waals surface area contributed by atoms with E-state index < -0.39 is 0 Å². The number of nitrogens with zero attached hydrogens (tertiary/aromatic N) is 2. The van der Waals surface area contributed by atoms with Crippen molar-refractivity contribution in [3.8, 4) is 0 Å². The normalized spacial score (nSPS) is 10.2. The van der Waals surface area contributed by atoms with Crippen molar-refractivity contribution >= 4 is 40.4 Å². The Labute approximate surface area is 120 Å². The summed E-state index contributed by atoms with van der Waals surface area (Å²) in [5.74, 6) is 0.203. The third-order valence-corrected chi connectivity index (χ3v) is 2.78. The highest BCUT2D eigenvalue weighted by molar-refractivity contribution is 7.80. The van der Waals surface area contributed by atoms with Gasteiger partial charge < -0.3 is 15.6 Å². The Balaban J connectivity index is 2.05. The summed E-state index contributed by atoms with van der Waals surface area (Å²) in [5, 5.41) is 3.29. The number of rotatable bonds is 4. The van der Waals surface area contributed by atoms with Crippen LogP contribution in [0.2, 0.25) is 5.02 Å². The van der Waals surface area contributed by atoms with Crippen LogP contribution in [0.1, 0.15) is 5.82 Å². The molecule has 2 rings (SSSR count). The van der Waals surface area contributed by atoms with Crippen LogP contribution < -0.4 is 11.1 Å². The van der Waals surface area contributed by atoms with Crippen molar-refractivity contribution in [3.05, 3.63) is 47.5 Å². The summed E-state index contributed by atoms with van der Waals surface area (Å²) in [6.45, 7) is 0.0825. The molecule has 2 aromatic rings. The number of amides is 1. The maximum atomic E-state index is 11.9. The van der Waals surface area contributed by atoms with E-state index in [-0.39, 0.29) is 17.4 Å². The Morgan fingerprint density at radius 2 is 2.32 bits per heavy atom. The quantitative estimate of drug-likeness (QED) is 0.844. The molecule has 0 aliphatic heterocycles. The summed E-state index contributed by atoms with van der Waals surface area (Å²) in [5.41, 5.74) is 6.14. The van der Waals surface area contributed by atoms with Crippen LogP contribution in [0, 0.1) is 0 Å². The molecule has 19 heavy (non-hydrogen) atoms. The van der Waals surface area contributed by atoms with Crippen LogP contribution in [0.5, 0.6) is 0 Å². The summed E-state index contributed by atoms with van der Waals surface area (Å²) in [7, 11) is 0. The lowest BCUT2D eigenvalue weighted by molar-refractivity contribution is -0.116. The largest absolute Gasteiger partial charge is 0.387 e. The lowest BCUT2D eigenvalue weighted by Crippen LogP contribution is -2.23. The zero-order valence-electron chi connectivity index (χ0n) is 9.84. The van der Waals surface area contributed by atoms with E-state index in [1.807, 2.05) is 0 Å². The van der Waals surface area contributed by atoms with Gasteiger partial charge in [-0.05, 0) is 18.2 Å². The van der Waals surface area contributed by atoms with E-state index in [0.29, 0.717) is 16.5 Å². The van der Waals surface area contributed by atoms with Crippen LogP contribution in [0.15, 0.2) is 36.7 Å². The molecule has 1 amide bonds. The van der Waals surface area contributed by atoms with Crippen LogP contribution in [0.25, 0.3) is 0 Å². The number of nitrogens with one attached hydrogen (secondary N) is 1. The molecule has 3 N–H and O–H groups in total. The van der Waals surface area contributed by atoms with Crippen molar-refractivity contribution in [3.63, 3.8) is 0 Å². The molecule has 0 bridgehead atoms. The number of thiocarbonyl (C=S) groups is 1. The fourth-order valence-corrected chi connectivity index (χ4v) is 1.94. The predicted octanol–water partition coefficient (Wildman–Crippen LogP) is 1.81. The van der Waals surface area contributed by atoms with E-state index in [1.54, 1.807) is 41.2 Å². The minimum atomic E-state index is -0.210. The lowest BCUT2D eigenvalue weighted by atomic mass is 10.3. The van der Waals surface area contributed by atoms with Gasteiger partial charge in [0, 0.05) is 23.1 Å². The van der Waals surface area contributed by atoms with Gasteiger partial charge in [-0.15, -0.1) is 0 Å². The first kappa shape index (κ1) is 13.5.